The quantitative estimate of drug-likeness (QED) is 0.751. The molecule has 2 aromatic rings. The second-order valence-electron chi connectivity index (χ2n) is 6.68. The molecule has 0 aliphatic carbocycles. The molecule has 0 N–H and O–H groups in total. The summed E-state index contributed by atoms with van der Waals surface area (Å²) in [7, 11) is 0. The van der Waals surface area contributed by atoms with Crippen LogP contribution in [0.4, 0.5) is 4.39 Å². The standard InChI is InChI=1S/C21H23FN2OS/c22-10-3-11-24-12-8-17(15-24)25-21-7-6-16(14-23-21)18-9-13-26-20-5-2-1-4-19(18)20/h1-2,4-7,9,14,17H,3,8,10-13,15H2/t17-/m0/s1. The third-order valence-corrected chi connectivity index (χ3v) is 5.88. The maximum atomic E-state index is 12.3. The molecule has 1 fully saturated rings. The van der Waals surface area contributed by atoms with Crippen LogP contribution in [0.2, 0.25) is 0 Å². The molecule has 0 spiro atoms. The van der Waals surface area contributed by atoms with Crippen molar-refractivity contribution in [2.75, 3.05) is 32.1 Å². The first-order valence-corrected chi connectivity index (χ1v) is 10.2. The Morgan fingerprint density at radius 3 is 3.00 bits per heavy atom. The number of aromatic nitrogens is 1. The zero-order valence-corrected chi connectivity index (χ0v) is 15.6. The maximum Gasteiger partial charge on any atom is 0.213 e. The molecule has 2 aliphatic heterocycles. The summed E-state index contributed by atoms with van der Waals surface area (Å²) in [6.45, 7) is 2.40. The molecule has 0 unspecified atom stereocenters. The van der Waals surface area contributed by atoms with E-state index in [0.29, 0.717) is 12.3 Å². The van der Waals surface area contributed by atoms with Crippen molar-refractivity contribution in [2.24, 2.45) is 0 Å². The number of nitrogens with zero attached hydrogens (tertiary/aromatic N) is 2. The molecule has 136 valence electrons. The van der Waals surface area contributed by atoms with E-state index in [1.54, 1.807) is 0 Å². The molecular weight excluding hydrogens is 347 g/mol. The number of rotatable bonds is 6. The Morgan fingerprint density at radius 2 is 2.15 bits per heavy atom. The average Bonchev–Trinajstić information content (AvgIpc) is 3.14. The fourth-order valence-electron chi connectivity index (χ4n) is 3.57. The highest BCUT2D eigenvalue weighted by Gasteiger charge is 2.24. The number of benzene rings is 1. The molecule has 5 heteroatoms. The molecule has 1 saturated heterocycles. The van der Waals surface area contributed by atoms with Crippen molar-refractivity contribution in [3.8, 4) is 5.88 Å². The highest BCUT2D eigenvalue weighted by atomic mass is 32.2. The summed E-state index contributed by atoms with van der Waals surface area (Å²) in [6, 6.07) is 12.6. The van der Waals surface area contributed by atoms with Gasteiger partial charge in [-0.05, 0) is 36.1 Å². The van der Waals surface area contributed by atoms with Crippen molar-refractivity contribution in [3.05, 3.63) is 59.8 Å². The Bertz CT molecular complexity index is 778. The van der Waals surface area contributed by atoms with E-state index in [-0.39, 0.29) is 12.8 Å². The highest BCUT2D eigenvalue weighted by molar-refractivity contribution is 7.99. The van der Waals surface area contributed by atoms with Gasteiger partial charge >= 0.3 is 0 Å². The van der Waals surface area contributed by atoms with Crippen LogP contribution in [0.15, 0.2) is 53.6 Å². The van der Waals surface area contributed by atoms with Gasteiger partial charge in [-0.3, -0.25) is 9.29 Å². The number of hydrogen-bond donors (Lipinski definition) is 0. The Morgan fingerprint density at radius 1 is 1.23 bits per heavy atom. The predicted octanol–water partition coefficient (Wildman–Crippen LogP) is 4.43. The summed E-state index contributed by atoms with van der Waals surface area (Å²) in [5.74, 6) is 1.66. The van der Waals surface area contributed by atoms with Gasteiger partial charge in [-0.15, -0.1) is 11.8 Å². The first kappa shape index (κ1) is 17.6. The van der Waals surface area contributed by atoms with Crippen LogP contribution in [0.1, 0.15) is 24.0 Å². The van der Waals surface area contributed by atoms with Crippen molar-refractivity contribution in [2.45, 2.75) is 23.8 Å². The summed E-state index contributed by atoms with van der Waals surface area (Å²) in [5.41, 5.74) is 3.65. The largest absolute Gasteiger partial charge is 0.473 e. The number of halogens is 1. The minimum absolute atomic E-state index is 0.152. The molecule has 4 rings (SSSR count). The third-order valence-electron chi connectivity index (χ3n) is 4.88. The molecule has 26 heavy (non-hydrogen) atoms. The summed E-state index contributed by atoms with van der Waals surface area (Å²) >= 11 is 1.87. The van der Waals surface area contributed by atoms with Crippen molar-refractivity contribution in [1.82, 2.24) is 9.88 Å². The van der Waals surface area contributed by atoms with Gasteiger partial charge in [-0.25, -0.2) is 4.98 Å². The molecule has 0 saturated carbocycles. The normalized spacial score (nSPS) is 19.9. The van der Waals surface area contributed by atoms with Crippen LogP contribution in [-0.2, 0) is 0 Å². The van der Waals surface area contributed by atoms with Gasteiger partial charge in [0.05, 0.1) is 6.67 Å². The van der Waals surface area contributed by atoms with Gasteiger partial charge in [0.1, 0.15) is 6.10 Å². The number of alkyl halides is 1. The van der Waals surface area contributed by atoms with Crippen molar-refractivity contribution < 1.29 is 9.13 Å². The van der Waals surface area contributed by atoms with Gasteiger partial charge in [0.2, 0.25) is 5.88 Å². The second-order valence-corrected chi connectivity index (χ2v) is 7.74. The van der Waals surface area contributed by atoms with Crippen molar-refractivity contribution in [1.29, 1.82) is 0 Å². The molecule has 0 bridgehead atoms. The maximum absolute atomic E-state index is 12.3. The lowest BCUT2D eigenvalue weighted by Gasteiger charge is -2.18. The number of ether oxygens (including phenoxy) is 1. The van der Waals surface area contributed by atoms with Gasteiger partial charge in [0.25, 0.3) is 0 Å². The Kier molecular flexibility index (Phi) is 5.56. The van der Waals surface area contributed by atoms with E-state index in [1.807, 2.05) is 24.0 Å². The van der Waals surface area contributed by atoms with Crippen molar-refractivity contribution >= 4 is 17.3 Å². The zero-order valence-electron chi connectivity index (χ0n) is 14.7. The van der Waals surface area contributed by atoms with E-state index in [0.717, 1.165) is 37.4 Å². The SMILES string of the molecule is FCCCN1CC[C@H](Oc2ccc(C3=CCSc4ccccc43)cn2)C1. The smallest absolute Gasteiger partial charge is 0.213 e. The summed E-state index contributed by atoms with van der Waals surface area (Å²) in [5, 5.41) is 0. The molecule has 0 radical (unpaired) electrons. The summed E-state index contributed by atoms with van der Waals surface area (Å²) in [6.07, 6.45) is 5.91. The summed E-state index contributed by atoms with van der Waals surface area (Å²) < 4.78 is 18.3. The summed E-state index contributed by atoms with van der Waals surface area (Å²) in [4.78, 5) is 8.12. The Balaban J connectivity index is 1.41. The highest BCUT2D eigenvalue weighted by Crippen LogP contribution is 2.36. The van der Waals surface area contributed by atoms with Gasteiger partial charge in [0.15, 0.2) is 0 Å². The minimum atomic E-state index is -0.247. The first-order chi connectivity index (χ1) is 12.8. The molecule has 1 atom stereocenters. The van der Waals surface area contributed by atoms with E-state index in [1.165, 1.54) is 16.0 Å². The van der Waals surface area contributed by atoms with E-state index in [9.17, 15) is 4.39 Å². The molecule has 1 aromatic heterocycles. The lowest BCUT2D eigenvalue weighted by molar-refractivity contribution is 0.191. The topological polar surface area (TPSA) is 25.4 Å². The lowest BCUT2D eigenvalue weighted by Crippen LogP contribution is -2.26. The molecule has 0 amide bonds. The second kappa shape index (κ2) is 8.23. The number of fused-ring (bicyclic) bond motifs is 1. The van der Waals surface area contributed by atoms with Crippen LogP contribution in [0.5, 0.6) is 5.88 Å². The van der Waals surface area contributed by atoms with Gasteiger partial charge in [-0.1, -0.05) is 24.3 Å². The zero-order chi connectivity index (χ0) is 17.8. The number of hydrogen-bond acceptors (Lipinski definition) is 4. The molecular formula is C21H23FN2OS. The fraction of sp³-hybridized carbons (Fsp3) is 0.381. The van der Waals surface area contributed by atoms with E-state index in [4.69, 9.17) is 4.74 Å². The van der Waals surface area contributed by atoms with Gasteiger partial charge in [0, 0.05) is 48.1 Å². The lowest BCUT2D eigenvalue weighted by atomic mass is 9.99. The van der Waals surface area contributed by atoms with E-state index >= 15 is 0 Å². The van der Waals surface area contributed by atoms with Crippen LogP contribution in [-0.4, -0.2) is 48.0 Å². The predicted molar refractivity (Wildman–Crippen MR) is 105 cm³/mol. The third kappa shape index (κ3) is 3.94. The first-order valence-electron chi connectivity index (χ1n) is 9.17. The van der Waals surface area contributed by atoms with Crippen LogP contribution in [0, 0.1) is 0 Å². The van der Waals surface area contributed by atoms with E-state index < -0.39 is 0 Å². The fourth-order valence-corrected chi connectivity index (χ4v) is 4.51. The van der Waals surface area contributed by atoms with Crippen LogP contribution in [0.25, 0.3) is 5.57 Å². The molecule has 1 aromatic carbocycles. The minimum Gasteiger partial charge on any atom is -0.473 e. The van der Waals surface area contributed by atoms with E-state index in [2.05, 4.69) is 46.3 Å². The number of likely N-dealkylation sites (tertiary alicyclic amines) is 1. The van der Waals surface area contributed by atoms with Crippen LogP contribution in [0.3, 0.4) is 0 Å². The molecule has 3 nitrogen and oxygen atoms in total. The number of pyridine rings is 1. The number of thioether (sulfide) groups is 1. The van der Waals surface area contributed by atoms with Crippen molar-refractivity contribution in [3.63, 3.8) is 0 Å². The average molecular weight is 370 g/mol. The van der Waals surface area contributed by atoms with Gasteiger partial charge in [-0.2, -0.15) is 0 Å². The van der Waals surface area contributed by atoms with Crippen LogP contribution >= 0.6 is 11.8 Å². The molecule has 2 aliphatic rings. The molecule has 3 heterocycles. The Labute approximate surface area is 158 Å². The Hall–Kier alpha value is -1.85. The van der Waals surface area contributed by atoms with Crippen LogP contribution < -0.4 is 4.74 Å². The monoisotopic (exact) mass is 370 g/mol. The van der Waals surface area contributed by atoms with Gasteiger partial charge < -0.3 is 4.74 Å².